The smallest absolute Gasteiger partial charge is 0.275 e. The van der Waals surface area contributed by atoms with Gasteiger partial charge in [-0.25, -0.2) is 12.4 Å². The summed E-state index contributed by atoms with van der Waals surface area (Å²) in [6.45, 7) is 3.67. The molecule has 0 unspecified atom stereocenters. The fourth-order valence-corrected chi connectivity index (χ4v) is 7.66. The minimum atomic E-state index is -4.20. The number of aromatic nitrogens is 3. The Morgan fingerprint density at radius 2 is 1.50 bits per heavy atom. The van der Waals surface area contributed by atoms with E-state index < -0.39 is 15.6 Å². The van der Waals surface area contributed by atoms with Gasteiger partial charge < -0.3 is 14.0 Å². The van der Waals surface area contributed by atoms with E-state index in [0.717, 1.165) is 46.6 Å². The third kappa shape index (κ3) is 4.81. The van der Waals surface area contributed by atoms with Crippen LogP contribution in [0.2, 0.25) is 5.15 Å². The predicted molar refractivity (Wildman–Crippen MR) is 167 cm³/mol. The van der Waals surface area contributed by atoms with Crippen LogP contribution in [-0.4, -0.2) is 46.6 Å². The van der Waals surface area contributed by atoms with Crippen LogP contribution in [0.1, 0.15) is 24.4 Å². The van der Waals surface area contributed by atoms with E-state index in [1.807, 2.05) is 48.0 Å². The molecule has 0 amide bonds. The van der Waals surface area contributed by atoms with Crippen molar-refractivity contribution in [2.24, 2.45) is 7.05 Å². The van der Waals surface area contributed by atoms with E-state index in [-0.39, 0.29) is 27.2 Å². The Bertz CT molecular complexity index is 2040. The average molecular weight is 603 g/mol. The summed E-state index contributed by atoms with van der Waals surface area (Å²) >= 11 is 6.61. The lowest BCUT2D eigenvalue weighted by Crippen LogP contribution is -2.35. The number of likely N-dealkylation sites (tertiary alicyclic amines) is 1. The van der Waals surface area contributed by atoms with Gasteiger partial charge in [-0.3, -0.25) is 9.59 Å². The van der Waals surface area contributed by atoms with Gasteiger partial charge in [0.2, 0.25) is 0 Å². The van der Waals surface area contributed by atoms with Crippen LogP contribution < -0.4 is 11.1 Å². The van der Waals surface area contributed by atoms with Crippen LogP contribution in [0, 0.1) is 6.92 Å². The van der Waals surface area contributed by atoms with Gasteiger partial charge in [0.05, 0.1) is 4.90 Å². The maximum Gasteiger partial charge on any atom is 0.275 e. The number of hydrogen-bond acceptors (Lipinski definition) is 5. The van der Waals surface area contributed by atoms with Crippen molar-refractivity contribution in [1.29, 1.82) is 0 Å². The van der Waals surface area contributed by atoms with Gasteiger partial charge in [0.1, 0.15) is 10.7 Å². The monoisotopic (exact) mass is 602 g/mol. The molecular formula is C32H31ClN4O4S. The molecule has 42 heavy (non-hydrogen) atoms. The van der Waals surface area contributed by atoms with Crippen LogP contribution in [0.5, 0.6) is 0 Å². The van der Waals surface area contributed by atoms with Crippen molar-refractivity contribution in [2.45, 2.75) is 30.7 Å². The van der Waals surface area contributed by atoms with Crippen LogP contribution in [0.25, 0.3) is 33.2 Å². The fourth-order valence-electron chi connectivity index (χ4n) is 5.80. The summed E-state index contributed by atoms with van der Waals surface area (Å²) in [5.74, 6) is 0. The van der Waals surface area contributed by atoms with E-state index in [0.29, 0.717) is 16.5 Å². The number of fused-ring (bicyclic) bond motifs is 1. The molecule has 1 aliphatic rings. The molecule has 0 spiro atoms. The van der Waals surface area contributed by atoms with Gasteiger partial charge in [-0.15, -0.1) is 0 Å². The molecule has 0 saturated carbocycles. The lowest BCUT2D eigenvalue weighted by Gasteiger charge is -2.30. The summed E-state index contributed by atoms with van der Waals surface area (Å²) in [4.78, 5) is 29.5. The summed E-state index contributed by atoms with van der Waals surface area (Å²) in [6.07, 6.45) is 5.28. The Morgan fingerprint density at radius 3 is 2.17 bits per heavy atom. The molecule has 0 N–H and O–H groups in total. The highest BCUT2D eigenvalue weighted by molar-refractivity contribution is 7.90. The van der Waals surface area contributed by atoms with Crippen molar-refractivity contribution in [2.75, 3.05) is 20.1 Å². The highest BCUT2D eigenvalue weighted by Crippen LogP contribution is 2.38. The van der Waals surface area contributed by atoms with Gasteiger partial charge in [0.25, 0.3) is 21.1 Å². The molecule has 1 saturated heterocycles. The van der Waals surface area contributed by atoms with Gasteiger partial charge in [0, 0.05) is 48.1 Å². The molecule has 216 valence electrons. The number of piperidine rings is 1. The van der Waals surface area contributed by atoms with Crippen molar-refractivity contribution in [3.05, 3.63) is 111 Å². The Morgan fingerprint density at radius 1 is 0.833 bits per heavy atom. The van der Waals surface area contributed by atoms with Crippen LogP contribution in [0.3, 0.4) is 0 Å². The molecule has 4 heterocycles. The number of hydrogen-bond donors (Lipinski definition) is 0. The summed E-state index contributed by atoms with van der Waals surface area (Å²) < 4.78 is 31.7. The average Bonchev–Trinajstić information content (AvgIpc) is 3.34. The Hall–Kier alpha value is -3.92. The van der Waals surface area contributed by atoms with Gasteiger partial charge in [-0.05, 0) is 69.2 Å². The predicted octanol–water partition coefficient (Wildman–Crippen LogP) is 5.30. The van der Waals surface area contributed by atoms with Crippen LogP contribution in [0.15, 0.2) is 93.6 Å². The zero-order valence-corrected chi connectivity index (χ0v) is 25.2. The number of rotatable bonds is 5. The van der Waals surface area contributed by atoms with Gasteiger partial charge in [-0.1, -0.05) is 59.6 Å². The molecule has 0 aliphatic carbocycles. The molecule has 0 bridgehead atoms. The van der Waals surface area contributed by atoms with E-state index >= 15 is 0 Å². The van der Waals surface area contributed by atoms with E-state index in [1.165, 1.54) is 22.8 Å². The summed E-state index contributed by atoms with van der Waals surface area (Å²) in [5.41, 5.74) is 3.00. The largest absolute Gasteiger partial charge is 0.316 e. The molecule has 0 atom stereocenters. The number of pyridine rings is 2. The van der Waals surface area contributed by atoms with Gasteiger partial charge in [0.15, 0.2) is 0 Å². The molecule has 3 aromatic heterocycles. The molecular weight excluding hydrogens is 572 g/mol. The van der Waals surface area contributed by atoms with Crippen molar-refractivity contribution in [3.8, 4) is 22.3 Å². The lowest BCUT2D eigenvalue weighted by atomic mass is 9.94. The molecule has 6 rings (SSSR count). The highest BCUT2D eigenvalue weighted by Gasteiger charge is 2.28. The maximum atomic E-state index is 13.8. The molecule has 1 fully saturated rings. The summed E-state index contributed by atoms with van der Waals surface area (Å²) in [5, 5.41) is 0.239. The van der Waals surface area contributed by atoms with E-state index in [9.17, 15) is 18.0 Å². The first kappa shape index (κ1) is 28.2. The standard InChI is InChI=1S/C32H31ClN4O4S/c1-21-9-11-24(12-10-21)42(40,41)37-29(33)17-26-28(19-35(3)32(39)31(26)37)25-18-30(38)36(23-13-15-34(2)16-14-23)20-27(25)22-7-5-4-6-8-22/h4-12,17-20,23H,13-16H2,1-3H3. The topological polar surface area (TPSA) is 86.3 Å². The van der Waals surface area contributed by atoms with E-state index in [1.54, 1.807) is 31.4 Å². The van der Waals surface area contributed by atoms with Gasteiger partial charge in [-0.2, -0.15) is 0 Å². The minimum Gasteiger partial charge on any atom is -0.316 e. The van der Waals surface area contributed by atoms with Crippen molar-refractivity contribution in [3.63, 3.8) is 0 Å². The Labute approximate surface area is 249 Å². The molecule has 0 radical (unpaired) electrons. The van der Waals surface area contributed by atoms with E-state index in [2.05, 4.69) is 11.9 Å². The molecule has 8 nitrogen and oxygen atoms in total. The number of halogens is 1. The van der Waals surface area contributed by atoms with E-state index in [4.69, 9.17) is 11.6 Å². The van der Waals surface area contributed by atoms with Crippen LogP contribution in [-0.2, 0) is 17.1 Å². The first-order valence-electron chi connectivity index (χ1n) is 13.8. The van der Waals surface area contributed by atoms with Crippen LogP contribution >= 0.6 is 11.6 Å². The van der Waals surface area contributed by atoms with Crippen LogP contribution in [0.4, 0.5) is 0 Å². The molecule has 10 heteroatoms. The van der Waals surface area contributed by atoms with Crippen molar-refractivity contribution < 1.29 is 8.42 Å². The molecule has 1 aliphatic heterocycles. The number of nitrogens with zero attached hydrogens (tertiary/aromatic N) is 4. The third-order valence-corrected chi connectivity index (χ3v) is 10.3. The Kier molecular flexibility index (Phi) is 7.21. The zero-order chi connectivity index (χ0) is 29.8. The minimum absolute atomic E-state index is 0.0191. The second-order valence-electron chi connectivity index (χ2n) is 11.0. The lowest BCUT2D eigenvalue weighted by molar-refractivity contribution is 0.219. The maximum absolute atomic E-state index is 13.8. The molecule has 5 aromatic rings. The second kappa shape index (κ2) is 10.7. The fraction of sp³-hybridized carbons (Fsp3) is 0.250. The third-order valence-electron chi connectivity index (χ3n) is 8.15. The molecule has 2 aromatic carbocycles. The zero-order valence-electron chi connectivity index (χ0n) is 23.6. The number of aryl methyl sites for hydroxylation is 2. The Balaban J connectivity index is 1.63. The SMILES string of the molecule is Cc1ccc(S(=O)(=O)n2c(Cl)cc3c(-c4cc(=O)n(C5CCN(C)CC5)cc4-c4ccccc4)cn(C)c(=O)c32)cc1. The summed E-state index contributed by atoms with van der Waals surface area (Å²) in [6, 6.07) is 19.3. The number of benzene rings is 2. The normalized spacial score (nSPS) is 15.0. The quantitative estimate of drug-likeness (QED) is 0.272. The van der Waals surface area contributed by atoms with Gasteiger partial charge >= 0.3 is 0 Å². The second-order valence-corrected chi connectivity index (χ2v) is 13.2. The highest BCUT2D eigenvalue weighted by atomic mass is 35.5. The summed E-state index contributed by atoms with van der Waals surface area (Å²) in [7, 11) is -0.554. The first-order chi connectivity index (χ1) is 20.1. The van der Waals surface area contributed by atoms with Crippen molar-refractivity contribution in [1.82, 2.24) is 18.0 Å². The van der Waals surface area contributed by atoms with Crippen molar-refractivity contribution >= 4 is 32.5 Å². The first-order valence-corrected chi connectivity index (χ1v) is 15.6.